The molecule has 0 aliphatic carbocycles. The van der Waals surface area contributed by atoms with Gasteiger partial charge in [-0.15, -0.1) is 0 Å². The first-order valence-electron chi connectivity index (χ1n) is 9.52. The Morgan fingerprint density at radius 1 is 0.821 bits per heavy atom. The molecule has 150 valence electrons. The van der Waals surface area contributed by atoms with Crippen LogP contribution in [0.5, 0.6) is 0 Å². The summed E-state index contributed by atoms with van der Waals surface area (Å²) < 4.78 is 9.84. The number of ether oxygens (including phenoxy) is 2. The van der Waals surface area contributed by atoms with Crippen molar-refractivity contribution in [2.75, 3.05) is 13.2 Å². The third-order valence-corrected chi connectivity index (χ3v) is 4.39. The van der Waals surface area contributed by atoms with E-state index >= 15 is 0 Å². The predicted molar refractivity (Wildman–Crippen MR) is 106 cm³/mol. The Bertz CT molecular complexity index is 758. The second kappa shape index (κ2) is 10.7. The zero-order chi connectivity index (χ0) is 20.5. The Hall–Kier alpha value is -2.60. The molecule has 0 aromatic carbocycles. The number of aryl methyl sites for hydroxylation is 4. The zero-order valence-electron chi connectivity index (χ0n) is 17.1. The molecule has 0 N–H and O–H groups in total. The summed E-state index contributed by atoms with van der Waals surface area (Å²) in [7, 11) is 0. The lowest BCUT2D eigenvalue weighted by Gasteiger charge is -2.07. The van der Waals surface area contributed by atoms with E-state index in [4.69, 9.17) is 9.47 Å². The number of carbonyl (C=O) groups is 2. The average Bonchev–Trinajstić information content (AvgIpc) is 3.20. The van der Waals surface area contributed by atoms with Gasteiger partial charge in [0.15, 0.2) is 0 Å². The predicted octanol–water partition coefficient (Wildman–Crippen LogP) is 3.36. The molecule has 0 amide bonds. The maximum atomic E-state index is 11.9. The van der Waals surface area contributed by atoms with E-state index < -0.39 is 11.9 Å². The van der Waals surface area contributed by atoms with Gasteiger partial charge in [0, 0.05) is 36.0 Å². The number of carbonyl (C=O) groups excluding carboxylic acids is 2. The number of aromatic nitrogens is 2. The highest BCUT2D eigenvalue weighted by Crippen LogP contribution is 2.10. The Labute approximate surface area is 166 Å². The Balaban J connectivity index is 0.000000485. The minimum absolute atomic E-state index is 0.0377. The fourth-order valence-corrected chi connectivity index (χ4v) is 2.82. The van der Waals surface area contributed by atoms with Crippen LogP contribution in [0.3, 0.4) is 0 Å². The van der Waals surface area contributed by atoms with Gasteiger partial charge in [-0.05, 0) is 63.8 Å². The summed E-state index contributed by atoms with van der Waals surface area (Å²) in [5, 5.41) is 0. The van der Waals surface area contributed by atoms with Crippen LogP contribution in [0.25, 0.3) is 0 Å². The molecular weight excluding hydrogens is 356 g/mol. The van der Waals surface area contributed by atoms with Gasteiger partial charge in [0.2, 0.25) is 0 Å². The van der Waals surface area contributed by atoms with Crippen LogP contribution in [0, 0.1) is 27.7 Å². The molecule has 0 saturated carbocycles. The molecule has 28 heavy (non-hydrogen) atoms. The highest BCUT2D eigenvalue weighted by molar-refractivity contribution is 5.87. The third-order valence-electron chi connectivity index (χ3n) is 4.39. The van der Waals surface area contributed by atoms with E-state index in [1.54, 1.807) is 0 Å². The molecule has 0 spiro atoms. The maximum Gasteiger partial charge on any atom is 0.317 e. The summed E-state index contributed by atoms with van der Waals surface area (Å²) in [6.45, 7) is 9.44. The van der Waals surface area contributed by atoms with Gasteiger partial charge in [-0.1, -0.05) is 12.1 Å². The van der Waals surface area contributed by atoms with Crippen LogP contribution in [0.15, 0.2) is 24.3 Å². The van der Waals surface area contributed by atoms with Crippen molar-refractivity contribution in [3.8, 4) is 0 Å². The number of hydrogen-bond acceptors (Lipinski definition) is 6. The molecule has 1 saturated heterocycles. The molecule has 1 aliphatic heterocycles. The molecule has 2 aromatic heterocycles. The van der Waals surface area contributed by atoms with E-state index in [2.05, 4.69) is 9.97 Å². The average molecular weight is 384 g/mol. The number of hydrogen-bond donors (Lipinski definition) is 0. The van der Waals surface area contributed by atoms with Crippen LogP contribution in [0.4, 0.5) is 0 Å². The lowest BCUT2D eigenvalue weighted by Crippen LogP contribution is -2.17. The summed E-state index contributed by atoms with van der Waals surface area (Å²) >= 11 is 0. The highest BCUT2D eigenvalue weighted by Gasteiger charge is 2.15. The van der Waals surface area contributed by atoms with Gasteiger partial charge in [-0.25, -0.2) is 0 Å². The molecule has 0 unspecified atom stereocenters. The van der Waals surface area contributed by atoms with Crippen LogP contribution >= 0.6 is 0 Å². The van der Waals surface area contributed by atoms with Gasteiger partial charge in [0.1, 0.15) is 0 Å². The normalized spacial score (nSPS) is 12.9. The summed E-state index contributed by atoms with van der Waals surface area (Å²) in [5.74, 6) is -1.14. The topological polar surface area (TPSA) is 78.4 Å². The van der Waals surface area contributed by atoms with Crippen molar-refractivity contribution in [3.05, 3.63) is 58.2 Å². The van der Waals surface area contributed by atoms with Crippen molar-refractivity contribution < 1.29 is 19.1 Å². The first kappa shape index (κ1) is 21.7. The first-order valence-corrected chi connectivity index (χ1v) is 9.52. The Kier molecular flexibility index (Phi) is 8.26. The van der Waals surface area contributed by atoms with E-state index in [1.165, 1.54) is 12.8 Å². The molecule has 3 rings (SSSR count). The molecule has 6 nitrogen and oxygen atoms in total. The second-order valence-corrected chi connectivity index (χ2v) is 6.91. The quantitative estimate of drug-likeness (QED) is 0.594. The van der Waals surface area contributed by atoms with Crippen molar-refractivity contribution in [3.63, 3.8) is 0 Å². The van der Waals surface area contributed by atoms with Crippen LogP contribution in [0.2, 0.25) is 0 Å². The highest BCUT2D eigenvalue weighted by atomic mass is 16.6. The van der Waals surface area contributed by atoms with E-state index in [-0.39, 0.29) is 12.8 Å². The second-order valence-electron chi connectivity index (χ2n) is 6.91. The Morgan fingerprint density at radius 3 is 1.57 bits per heavy atom. The molecule has 1 aliphatic rings. The van der Waals surface area contributed by atoms with Gasteiger partial charge in [0.25, 0.3) is 0 Å². The number of nitrogens with zero attached hydrogens (tertiary/aromatic N) is 2. The minimum Gasteiger partial charge on any atom is -0.393 e. The number of pyridine rings is 2. The van der Waals surface area contributed by atoms with Gasteiger partial charge in [-0.3, -0.25) is 19.6 Å². The molecule has 0 radical (unpaired) electrons. The molecule has 0 atom stereocenters. The fraction of sp³-hybridized carbons (Fsp3) is 0.455. The van der Waals surface area contributed by atoms with Crippen LogP contribution < -0.4 is 0 Å². The maximum absolute atomic E-state index is 11.9. The monoisotopic (exact) mass is 384 g/mol. The third kappa shape index (κ3) is 7.19. The van der Waals surface area contributed by atoms with Gasteiger partial charge < -0.3 is 9.47 Å². The van der Waals surface area contributed by atoms with Crippen molar-refractivity contribution in [1.82, 2.24) is 9.97 Å². The van der Waals surface area contributed by atoms with Gasteiger partial charge in [-0.2, -0.15) is 0 Å². The molecular formula is C22H28N2O4. The van der Waals surface area contributed by atoms with E-state index in [0.717, 1.165) is 47.1 Å². The summed E-state index contributed by atoms with van der Waals surface area (Å²) in [4.78, 5) is 32.4. The lowest BCUT2D eigenvalue weighted by atomic mass is 10.1. The summed E-state index contributed by atoms with van der Waals surface area (Å²) in [6.07, 6.45) is 2.63. The van der Waals surface area contributed by atoms with Crippen molar-refractivity contribution in [1.29, 1.82) is 0 Å². The fourth-order valence-electron chi connectivity index (χ4n) is 2.82. The first-order chi connectivity index (χ1) is 13.3. The van der Waals surface area contributed by atoms with Crippen molar-refractivity contribution in [2.24, 2.45) is 0 Å². The van der Waals surface area contributed by atoms with Crippen LogP contribution in [0.1, 0.15) is 46.7 Å². The van der Waals surface area contributed by atoms with Crippen LogP contribution in [-0.4, -0.2) is 35.1 Å². The lowest BCUT2D eigenvalue weighted by molar-refractivity contribution is -0.158. The summed E-state index contributed by atoms with van der Waals surface area (Å²) in [5.41, 5.74) is 4.85. The number of rotatable bonds is 4. The van der Waals surface area contributed by atoms with Gasteiger partial charge >= 0.3 is 11.9 Å². The minimum atomic E-state index is -0.568. The van der Waals surface area contributed by atoms with E-state index in [9.17, 15) is 9.59 Å². The summed E-state index contributed by atoms with van der Waals surface area (Å²) in [6, 6.07) is 7.33. The standard InChI is InChI=1S/C18H20N2O3.C4H8O/c1-11-5-7-15(13(3)19-11)9-17(21)23-18(22)10-16-8-6-12(2)20-14(16)4;1-2-4-5-3-1/h5-8H,9-10H2,1-4H3;1-4H2. The van der Waals surface area contributed by atoms with E-state index in [1.807, 2.05) is 52.0 Å². The zero-order valence-corrected chi connectivity index (χ0v) is 17.1. The van der Waals surface area contributed by atoms with Crippen molar-refractivity contribution in [2.45, 2.75) is 53.4 Å². The van der Waals surface area contributed by atoms with Crippen LogP contribution in [-0.2, 0) is 31.9 Å². The molecule has 0 bridgehead atoms. The van der Waals surface area contributed by atoms with Gasteiger partial charge in [0.05, 0.1) is 12.8 Å². The van der Waals surface area contributed by atoms with Crippen molar-refractivity contribution >= 4 is 11.9 Å². The largest absolute Gasteiger partial charge is 0.393 e. The molecule has 3 heterocycles. The molecule has 6 heteroatoms. The molecule has 1 fully saturated rings. The smallest absolute Gasteiger partial charge is 0.317 e. The Morgan fingerprint density at radius 2 is 1.25 bits per heavy atom. The molecule has 2 aromatic rings. The van der Waals surface area contributed by atoms with E-state index in [0.29, 0.717) is 0 Å². The number of esters is 2. The SMILES string of the molecule is C1CCOC1.Cc1ccc(CC(=O)OC(=O)Cc2ccc(C)nc2C)c(C)n1.